The number of rotatable bonds is 7. The third kappa shape index (κ3) is 3.74. The summed E-state index contributed by atoms with van der Waals surface area (Å²) in [6, 6.07) is 4.92. The lowest BCUT2D eigenvalue weighted by Gasteiger charge is -2.12. The molecule has 106 valence electrons. The van der Waals surface area contributed by atoms with Crippen LogP contribution in [0, 0.1) is 0 Å². The highest BCUT2D eigenvalue weighted by Gasteiger charge is 2.18. The SMILES string of the molecule is CCCCC(Nc1nnc(-c2ccccn2)s1)C(=O)O. The first-order valence-corrected chi connectivity index (χ1v) is 7.26. The van der Waals surface area contributed by atoms with Gasteiger partial charge in [-0.2, -0.15) is 0 Å². The number of nitrogens with zero attached hydrogens (tertiary/aromatic N) is 3. The number of aromatic nitrogens is 3. The largest absolute Gasteiger partial charge is 0.480 e. The van der Waals surface area contributed by atoms with Crippen molar-refractivity contribution in [2.45, 2.75) is 32.2 Å². The lowest BCUT2D eigenvalue weighted by atomic mass is 10.1. The molecule has 0 aromatic carbocycles. The minimum atomic E-state index is -0.868. The number of carboxylic acids is 1. The summed E-state index contributed by atoms with van der Waals surface area (Å²) in [6.45, 7) is 2.03. The summed E-state index contributed by atoms with van der Waals surface area (Å²) >= 11 is 1.31. The van der Waals surface area contributed by atoms with Crippen LogP contribution >= 0.6 is 11.3 Å². The zero-order valence-corrected chi connectivity index (χ0v) is 11.9. The van der Waals surface area contributed by atoms with Crippen molar-refractivity contribution in [3.63, 3.8) is 0 Å². The maximum absolute atomic E-state index is 11.2. The third-order valence-electron chi connectivity index (χ3n) is 2.75. The molecule has 2 heterocycles. The molecule has 2 aromatic heterocycles. The topological polar surface area (TPSA) is 88.0 Å². The molecule has 0 aliphatic carbocycles. The van der Waals surface area contributed by atoms with Crippen molar-refractivity contribution in [2.24, 2.45) is 0 Å². The maximum atomic E-state index is 11.2. The Hall–Kier alpha value is -2.02. The molecule has 2 rings (SSSR count). The molecule has 0 amide bonds. The fourth-order valence-electron chi connectivity index (χ4n) is 1.69. The second-order valence-electron chi connectivity index (χ2n) is 4.30. The lowest BCUT2D eigenvalue weighted by molar-refractivity contribution is -0.138. The van der Waals surface area contributed by atoms with Crippen molar-refractivity contribution >= 4 is 22.4 Å². The van der Waals surface area contributed by atoms with Crippen LogP contribution < -0.4 is 5.32 Å². The van der Waals surface area contributed by atoms with Crippen LogP contribution in [0.25, 0.3) is 10.7 Å². The summed E-state index contributed by atoms with van der Waals surface area (Å²) in [6.07, 6.45) is 4.08. The summed E-state index contributed by atoms with van der Waals surface area (Å²) in [5.41, 5.74) is 0.735. The Balaban J connectivity index is 2.06. The fourth-order valence-corrected chi connectivity index (χ4v) is 2.46. The summed E-state index contributed by atoms with van der Waals surface area (Å²) in [5, 5.41) is 21.3. The Morgan fingerprint density at radius 1 is 1.45 bits per heavy atom. The number of hydrogen-bond acceptors (Lipinski definition) is 6. The average molecular weight is 292 g/mol. The Morgan fingerprint density at radius 3 is 2.95 bits per heavy atom. The van der Waals surface area contributed by atoms with E-state index in [0.29, 0.717) is 16.6 Å². The molecule has 0 spiro atoms. The number of carboxylic acid groups (broad SMARTS) is 1. The van der Waals surface area contributed by atoms with Crippen LogP contribution in [0.5, 0.6) is 0 Å². The van der Waals surface area contributed by atoms with E-state index in [-0.39, 0.29) is 0 Å². The molecule has 1 atom stereocenters. The van der Waals surface area contributed by atoms with E-state index in [1.54, 1.807) is 6.20 Å². The number of unbranched alkanes of at least 4 members (excludes halogenated alkanes) is 1. The zero-order chi connectivity index (χ0) is 14.4. The van der Waals surface area contributed by atoms with Gasteiger partial charge in [-0.1, -0.05) is 37.2 Å². The molecular weight excluding hydrogens is 276 g/mol. The van der Waals surface area contributed by atoms with Gasteiger partial charge < -0.3 is 10.4 Å². The Kier molecular flexibility index (Phi) is 5.00. The van der Waals surface area contributed by atoms with Gasteiger partial charge in [-0.25, -0.2) is 4.79 Å². The predicted octanol–water partition coefficient (Wildman–Crippen LogP) is 2.66. The van der Waals surface area contributed by atoms with Gasteiger partial charge >= 0.3 is 5.97 Å². The first-order chi connectivity index (χ1) is 9.70. The smallest absolute Gasteiger partial charge is 0.326 e. The van der Waals surface area contributed by atoms with Crippen LogP contribution in [0.15, 0.2) is 24.4 Å². The summed E-state index contributed by atoms with van der Waals surface area (Å²) in [5.74, 6) is -0.868. The highest BCUT2D eigenvalue weighted by atomic mass is 32.1. The van der Waals surface area contributed by atoms with Crippen molar-refractivity contribution in [1.29, 1.82) is 0 Å². The summed E-state index contributed by atoms with van der Waals surface area (Å²) in [7, 11) is 0. The molecule has 0 saturated heterocycles. The second kappa shape index (κ2) is 6.95. The molecule has 6 nitrogen and oxygen atoms in total. The normalized spacial score (nSPS) is 12.1. The van der Waals surface area contributed by atoms with Crippen LogP contribution in [0.4, 0.5) is 5.13 Å². The van der Waals surface area contributed by atoms with E-state index in [0.717, 1.165) is 18.5 Å². The number of carbonyl (C=O) groups is 1. The molecule has 0 fully saturated rings. The number of aliphatic carboxylic acids is 1. The molecule has 0 aliphatic rings. The Bertz CT molecular complexity index is 559. The van der Waals surface area contributed by atoms with Crippen molar-refractivity contribution in [2.75, 3.05) is 5.32 Å². The molecule has 1 unspecified atom stereocenters. The number of hydrogen-bond donors (Lipinski definition) is 2. The van der Waals surface area contributed by atoms with E-state index in [2.05, 4.69) is 20.5 Å². The van der Waals surface area contributed by atoms with Crippen LogP contribution in [-0.2, 0) is 4.79 Å². The van der Waals surface area contributed by atoms with Gasteiger partial charge in [0.25, 0.3) is 0 Å². The zero-order valence-electron chi connectivity index (χ0n) is 11.1. The minimum absolute atomic E-state index is 0.508. The van der Waals surface area contributed by atoms with E-state index in [9.17, 15) is 4.79 Å². The van der Waals surface area contributed by atoms with E-state index in [1.165, 1.54) is 11.3 Å². The van der Waals surface area contributed by atoms with Gasteiger partial charge in [0.05, 0.1) is 0 Å². The minimum Gasteiger partial charge on any atom is -0.480 e. The lowest BCUT2D eigenvalue weighted by Crippen LogP contribution is -2.29. The number of pyridine rings is 1. The van der Waals surface area contributed by atoms with E-state index < -0.39 is 12.0 Å². The van der Waals surface area contributed by atoms with Crippen molar-refractivity contribution in [3.05, 3.63) is 24.4 Å². The second-order valence-corrected chi connectivity index (χ2v) is 5.28. The quantitative estimate of drug-likeness (QED) is 0.815. The number of anilines is 1. The van der Waals surface area contributed by atoms with Crippen LogP contribution in [0.1, 0.15) is 26.2 Å². The standard InChI is InChI=1S/C13H16N4O2S/c1-2-3-6-10(12(18)19)15-13-17-16-11(20-13)9-7-4-5-8-14-9/h4-5,7-8,10H,2-3,6H2,1H3,(H,15,17)(H,18,19). The highest BCUT2D eigenvalue weighted by Crippen LogP contribution is 2.25. The van der Waals surface area contributed by atoms with Crippen LogP contribution in [-0.4, -0.2) is 32.3 Å². The van der Waals surface area contributed by atoms with E-state index in [1.807, 2.05) is 25.1 Å². The molecule has 0 radical (unpaired) electrons. The van der Waals surface area contributed by atoms with Gasteiger partial charge in [0.1, 0.15) is 11.7 Å². The fraction of sp³-hybridized carbons (Fsp3) is 0.385. The van der Waals surface area contributed by atoms with Gasteiger partial charge in [0, 0.05) is 6.20 Å². The summed E-state index contributed by atoms with van der Waals surface area (Å²) in [4.78, 5) is 15.4. The first kappa shape index (κ1) is 14.4. The van der Waals surface area contributed by atoms with Crippen molar-refractivity contribution in [3.8, 4) is 10.7 Å². The molecule has 20 heavy (non-hydrogen) atoms. The van der Waals surface area contributed by atoms with Gasteiger partial charge in [-0.3, -0.25) is 4.98 Å². The van der Waals surface area contributed by atoms with E-state index >= 15 is 0 Å². The Labute approximate surface area is 120 Å². The van der Waals surface area contributed by atoms with E-state index in [4.69, 9.17) is 5.11 Å². The third-order valence-corrected chi connectivity index (χ3v) is 3.63. The molecule has 0 aliphatic heterocycles. The molecule has 7 heteroatoms. The predicted molar refractivity (Wildman–Crippen MR) is 77.7 cm³/mol. The van der Waals surface area contributed by atoms with Gasteiger partial charge in [-0.15, -0.1) is 10.2 Å². The maximum Gasteiger partial charge on any atom is 0.326 e. The highest BCUT2D eigenvalue weighted by molar-refractivity contribution is 7.18. The molecule has 2 aromatic rings. The number of nitrogens with one attached hydrogen (secondary N) is 1. The van der Waals surface area contributed by atoms with Crippen molar-refractivity contribution < 1.29 is 9.90 Å². The monoisotopic (exact) mass is 292 g/mol. The molecule has 0 saturated carbocycles. The van der Waals surface area contributed by atoms with Gasteiger partial charge in [0.15, 0.2) is 5.01 Å². The van der Waals surface area contributed by atoms with Gasteiger partial charge in [-0.05, 0) is 18.6 Å². The summed E-state index contributed by atoms with van der Waals surface area (Å²) < 4.78 is 0. The molecular formula is C13H16N4O2S. The van der Waals surface area contributed by atoms with Crippen LogP contribution in [0.2, 0.25) is 0 Å². The van der Waals surface area contributed by atoms with Crippen molar-refractivity contribution in [1.82, 2.24) is 15.2 Å². The average Bonchev–Trinajstić information content (AvgIpc) is 2.92. The van der Waals surface area contributed by atoms with Gasteiger partial charge in [0.2, 0.25) is 5.13 Å². The molecule has 2 N–H and O–H groups in total. The molecule has 0 bridgehead atoms. The Morgan fingerprint density at radius 2 is 2.30 bits per heavy atom. The first-order valence-electron chi connectivity index (χ1n) is 6.45. The van der Waals surface area contributed by atoms with Crippen LogP contribution in [0.3, 0.4) is 0 Å².